The molecule has 0 aromatic carbocycles. The van der Waals surface area contributed by atoms with Gasteiger partial charge in [-0.15, -0.1) is 24.0 Å². The van der Waals surface area contributed by atoms with Gasteiger partial charge in [-0.25, -0.2) is 0 Å². The molecule has 3 rings (SSSR count). The van der Waals surface area contributed by atoms with Crippen molar-refractivity contribution in [3.63, 3.8) is 0 Å². The van der Waals surface area contributed by atoms with Crippen molar-refractivity contribution in [1.82, 2.24) is 15.5 Å². The van der Waals surface area contributed by atoms with E-state index in [1.165, 1.54) is 32.2 Å². The third kappa shape index (κ3) is 4.74. The number of aliphatic imine (C=N–C) groups is 1. The molecule has 23 heavy (non-hydrogen) atoms. The Morgan fingerprint density at radius 1 is 1.26 bits per heavy atom. The van der Waals surface area contributed by atoms with Crippen LogP contribution < -0.4 is 10.6 Å². The van der Waals surface area contributed by atoms with Crippen molar-refractivity contribution in [1.29, 1.82) is 0 Å². The molecular formula is C18H35IN4. The van der Waals surface area contributed by atoms with Crippen molar-refractivity contribution in [2.24, 2.45) is 22.2 Å². The van der Waals surface area contributed by atoms with Gasteiger partial charge < -0.3 is 10.6 Å². The molecule has 1 saturated heterocycles. The summed E-state index contributed by atoms with van der Waals surface area (Å²) in [6, 6.07) is 1.16. The van der Waals surface area contributed by atoms with Gasteiger partial charge in [-0.3, -0.25) is 9.89 Å². The lowest BCUT2D eigenvalue weighted by Crippen LogP contribution is -2.47. The number of hydrogen-bond donors (Lipinski definition) is 2. The highest BCUT2D eigenvalue weighted by Gasteiger charge is 2.53. The van der Waals surface area contributed by atoms with Crippen molar-refractivity contribution in [3.8, 4) is 0 Å². The Morgan fingerprint density at radius 2 is 1.96 bits per heavy atom. The van der Waals surface area contributed by atoms with E-state index in [0.717, 1.165) is 31.5 Å². The van der Waals surface area contributed by atoms with E-state index in [1.807, 2.05) is 0 Å². The van der Waals surface area contributed by atoms with Crippen LogP contribution in [0.3, 0.4) is 0 Å². The second kappa shape index (κ2) is 7.89. The zero-order valence-corrected chi connectivity index (χ0v) is 17.6. The average molecular weight is 434 g/mol. The summed E-state index contributed by atoms with van der Waals surface area (Å²) in [5.74, 6) is 2.71. The number of guanidine groups is 1. The van der Waals surface area contributed by atoms with Crippen molar-refractivity contribution in [2.75, 3.05) is 26.2 Å². The SMILES string of the molecule is CCNC(=NCC1(C2CC2)CC1)NC1CN(C(C)C)CC1C.I. The van der Waals surface area contributed by atoms with Gasteiger partial charge in [-0.05, 0) is 63.7 Å². The van der Waals surface area contributed by atoms with Crippen LogP contribution in [0.2, 0.25) is 0 Å². The molecule has 3 fully saturated rings. The predicted molar refractivity (Wildman–Crippen MR) is 109 cm³/mol. The highest BCUT2D eigenvalue weighted by Crippen LogP contribution is 2.61. The van der Waals surface area contributed by atoms with E-state index < -0.39 is 0 Å². The zero-order valence-electron chi connectivity index (χ0n) is 15.3. The van der Waals surface area contributed by atoms with Crippen molar-refractivity contribution >= 4 is 29.9 Å². The minimum Gasteiger partial charge on any atom is -0.357 e. The van der Waals surface area contributed by atoms with Crippen LogP contribution in [0.5, 0.6) is 0 Å². The van der Waals surface area contributed by atoms with Gasteiger partial charge in [-0.2, -0.15) is 0 Å². The van der Waals surface area contributed by atoms with Gasteiger partial charge in [0.1, 0.15) is 0 Å². The van der Waals surface area contributed by atoms with E-state index in [4.69, 9.17) is 4.99 Å². The smallest absolute Gasteiger partial charge is 0.191 e. The summed E-state index contributed by atoms with van der Waals surface area (Å²) < 4.78 is 0. The molecule has 0 amide bonds. The molecule has 3 aliphatic rings. The van der Waals surface area contributed by atoms with Gasteiger partial charge in [0.15, 0.2) is 5.96 Å². The molecule has 0 aromatic heterocycles. The lowest BCUT2D eigenvalue weighted by atomic mass is 10.0. The van der Waals surface area contributed by atoms with E-state index in [0.29, 0.717) is 23.4 Å². The Kier molecular flexibility index (Phi) is 6.62. The van der Waals surface area contributed by atoms with E-state index in [9.17, 15) is 0 Å². The maximum Gasteiger partial charge on any atom is 0.191 e. The van der Waals surface area contributed by atoms with Gasteiger partial charge in [0, 0.05) is 38.3 Å². The molecule has 0 bridgehead atoms. The maximum atomic E-state index is 4.95. The third-order valence-corrected chi connectivity index (χ3v) is 5.92. The highest BCUT2D eigenvalue weighted by atomic mass is 127. The first-order chi connectivity index (χ1) is 10.5. The molecule has 2 N–H and O–H groups in total. The van der Waals surface area contributed by atoms with Gasteiger partial charge in [0.05, 0.1) is 0 Å². The number of halogens is 1. The summed E-state index contributed by atoms with van der Waals surface area (Å²) in [6.07, 6.45) is 5.70. The monoisotopic (exact) mass is 434 g/mol. The topological polar surface area (TPSA) is 39.7 Å². The van der Waals surface area contributed by atoms with Crippen molar-refractivity contribution in [2.45, 2.75) is 65.5 Å². The second-order valence-electron chi connectivity index (χ2n) is 8.11. The molecule has 2 unspecified atom stereocenters. The van der Waals surface area contributed by atoms with Crippen LogP contribution in [0.15, 0.2) is 4.99 Å². The Labute approximate surface area is 159 Å². The second-order valence-corrected chi connectivity index (χ2v) is 8.11. The van der Waals surface area contributed by atoms with E-state index in [2.05, 4.69) is 43.2 Å². The molecule has 1 heterocycles. The molecule has 2 saturated carbocycles. The van der Waals surface area contributed by atoms with Crippen LogP contribution >= 0.6 is 24.0 Å². The van der Waals surface area contributed by atoms with E-state index in [-0.39, 0.29) is 24.0 Å². The summed E-state index contributed by atoms with van der Waals surface area (Å²) in [6.45, 7) is 13.4. The van der Waals surface area contributed by atoms with Crippen LogP contribution in [-0.2, 0) is 0 Å². The molecule has 0 aromatic rings. The van der Waals surface area contributed by atoms with Gasteiger partial charge in [0.2, 0.25) is 0 Å². The summed E-state index contributed by atoms with van der Waals surface area (Å²) in [4.78, 5) is 7.52. The number of likely N-dealkylation sites (tertiary alicyclic amines) is 1. The van der Waals surface area contributed by atoms with Gasteiger partial charge in [-0.1, -0.05) is 6.92 Å². The van der Waals surface area contributed by atoms with E-state index in [1.54, 1.807) is 0 Å². The minimum atomic E-state index is 0. The number of hydrogen-bond acceptors (Lipinski definition) is 2. The molecule has 4 nitrogen and oxygen atoms in total. The maximum absolute atomic E-state index is 4.95. The van der Waals surface area contributed by atoms with Crippen LogP contribution in [0.4, 0.5) is 0 Å². The first-order valence-corrected chi connectivity index (χ1v) is 9.33. The fourth-order valence-corrected chi connectivity index (χ4v) is 3.90. The Balaban J connectivity index is 0.00000192. The summed E-state index contributed by atoms with van der Waals surface area (Å²) in [5, 5.41) is 7.16. The lowest BCUT2D eigenvalue weighted by molar-refractivity contribution is 0.265. The summed E-state index contributed by atoms with van der Waals surface area (Å²) in [5.41, 5.74) is 0.591. The molecule has 2 aliphatic carbocycles. The normalized spacial score (nSPS) is 30.2. The molecule has 0 spiro atoms. The van der Waals surface area contributed by atoms with Gasteiger partial charge >= 0.3 is 0 Å². The van der Waals surface area contributed by atoms with Crippen LogP contribution in [-0.4, -0.2) is 49.1 Å². The predicted octanol–water partition coefficient (Wildman–Crippen LogP) is 3.08. The fourth-order valence-electron chi connectivity index (χ4n) is 3.90. The Hall–Kier alpha value is -0.0400. The third-order valence-electron chi connectivity index (χ3n) is 5.92. The summed E-state index contributed by atoms with van der Waals surface area (Å²) >= 11 is 0. The highest BCUT2D eigenvalue weighted by molar-refractivity contribution is 14.0. The summed E-state index contributed by atoms with van der Waals surface area (Å²) in [7, 11) is 0. The standard InChI is InChI=1S/C18H34N4.HI/c1-5-19-17(20-12-18(8-9-18)15-6-7-15)21-16-11-22(13(2)3)10-14(16)4;/h13-16H,5-12H2,1-4H3,(H2,19,20,21);1H. The largest absolute Gasteiger partial charge is 0.357 e. The Morgan fingerprint density at radius 3 is 2.43 bits per heavy atom. The first kappa shape index (κ1) is 19.3. The van der Waals surface area contributed by atoms with E-state index >= 15 is 0 Å². The molecule has 5 heteroatoms. The molecular weight excluding hydrogens is 399 g/mol. The lowest BCUT2D eigenvalue weighted by Gasteiger charge is -2.22. The zero-order chi connectivity index (χ0) is 15.7. The molecule has 0 radical (unpaired) electrons. The molecule has 1 aliphatic heterocycles. The average Bonchev–Trinajstić information content (AvgIpc) is 3.35. The van der Waals surface area contributed by atoms with Crippen LogP contribution in [0, 0.1) is 17.3 Å². The molecule has 134 valence electrons. The molecule has 2 atom stereocenters. The quantitative estimate of drug-likeness (QED) is 0.384. The van der Waals surface area contributed by atoms with Crippen LogP contribution in [0.1, 0.15) is 53.4 Å². The number of nitrogens with zero attached hydrogens (tertiary/aromatic N) is 2. The minimum absolute atomic E-state index is 0. The fraction of sp³-hybridized carbons (Fsp3) is 0.944. The first-order valence-electron chi connectivity index (χ1n) is 9.33. The van der Waals surface area contributed by atoms with Gasteiger partial charge in [0.25, 0.3) is 0 Å². The van der Waals surface area contributed by atoms with Crippen molar-refractivity contribution < 1.29 is 0 Å². The van der Waals surface area contributed by atoms with Crippen molar-refractivity contribution in [3.05, 3.63) is 0 Å². The Bertz CT molecular complexity index is 415. The van der Waals surface area contributed by atoms with Crippen LogP contribution in [0.25, 0.3) is 0 Å². The number of nitrogens with one attached hydrogen (secondary N) is 2. The number of rotatable bonds is 6.